The summed E-state index contributed by atoms with van der Waals surface area (Å²) in [6.45, 7) is 7.79. The molecule has 1 aliphatic rings. The second kappa shape index (κ2) is 21.8. The van der Waals surface area contributed by atoms with Gasteiger partial charge in [-0.1, -0.05) is 112 Å². The number of hydrogen-bond acceptors (Lipinski definition) is 3. The van der Waals surface area contributed by atoms with Gasteiger partial charge in [-0.25, -0.2) is 0 Å². The summed E-state index contributed by atoms with van der Waals surface area (Å²) in [5, 5.41) is 7.14. The van der Waals surface area contributed by atoms with Gasteiger partial charge in [0.15, 0.2) is 0 Å². The molecule has 254 valence electrons. The van der Waals surface area contributed by atoms with Crippen LogP contribution < -0.4 is 10.6 Å². The average molecular weight is 640 g/mol. The number of aryl methyl sites for hydroxylation is 1. The minimum absolute atomic E-state index is 0.00568. The first-order chi connectivity index (χ1) is 23.0. The van der Waals surface area contributed by atoms with Crippen LogP contribution in [0.2, 0.25) is 0 Å². The Labute approximate surface area is 283 Å². The number of carbonyl (C=O) groups is 2. The molecule has 1 atom stereocenters. The summed E-state index contributed by atoms with van der Waals surface area (Å²) < 4.78 is 6.31. The Morgan fingerprint density at radius 2 is 1.36 bits per heavy atom. The lowest BCUT2D eigenvalue weighted by Crippen LogP contribution is -2.42. The molecule has 0 fully saturated rings. The van der Waals surface area contributed by atoms with Crippen molar-refractivity contribution in [1.29, 1.82) is 0 Å². The molecule has 2 amide bonds. The zero-order valence-corrected chi connectivity index (χ0v) is 29.0. The molecule has 0 bridgehead atoms. The van der Waals surface area contributed by atoms with E-state index in [0.29, 0.717) is 39.0 Å². The number of hydrogen-bond donors (Lipinski definition) is 3. The summed E-state index contributed by atoms with van der Waals surface area (Å²) >= 11 is 0. The lowest BCUT2D eigenvalue weighted by molar-refractivity contribution is -0.133. The topological polar surface area (TPSA) is 83.2 Å². The Morgan fingerprint density at radius 3 is 1.94 bits per heavy atom. The molecule has 0 saturated carbocycles. The zero-order valence-electron chi connectivity index (χ0n) is 29.0. The van der Waals surface area contributed by atoms with Crippen molar-refractivity contribution in [1.82, 2.24) is 15.6 Å². The van der Waals surface area contributed by atoms with Crippen molar-refractivity contribution in [3.63, 3.8) is 0 Å². The fourth-order valence-electron chi connectivity index (χ4n) is 5.91. The summed E-state index contributed by atoms with van der Waals surface area (Å²) in [7, 11) is 0. The molecule has 6 nitrogen and oxygen atoms in total. The molecular formula is C41H57N3O3. The highest BCUT2D eigenvalue weighted by Gasteiger charge is 2.40. The largest absolute Gasteiger partial charge is 0.368 e. The van der Waals surface area contributed by atoms with E-state index in [1.807, 2.05) is 0 Å². The van der Waals surface area contributed by atoms with Crippen LogP contribution in [0.3, 0.4) is 0 Å². The van der Waals surface area contributed by atoms with Crippen LogP contribution in [-0.2, 0) is 32.8 Å². The molecule has 0 saturated heterocycles. The van der Waals surface area contributed by atoms with Crippen LogP contribution in [-0.4, -0.2) is 36.5 Å². The number of benzene rings is 1. The predicted molar refractivity (Wildman–Crippen MR) is 197 cm³/mol. The first-order valence-corrected chi connectivity index (χ1v) is 17.7. The maximum Gasteiger partial charge on any atom is 0.223 e. The molecular weight excluding hydrogens is 582 g/mol. The van der Waals surface area contributed by atoms with Gasteiger partial charge in [0, 0.05) is 30.4 Å². The van der Waals surface area contributed by atoms with E-state index in [4.69, 9.17) is 4.74 Å². The van der Waals surface area contributed by atoms with Gasteiger partial charge in [0.2, 0.25) is 11.8 Å². The predicted octanol–water partition coefficient (Wildman–Crippen LogP) is 9.01. The van der Waals surface area contributed by atoms with Gasteiger partial charge in [0.05, 0.1) is 18.7 Å². The summed E-state index contributed by atoms with van der Waals surface area (Å²) in [6.07, 6.45) is 35.8. The normalized spacial score (nSPS) is 17.0. The van der Waals surface area contributed by atoms with Gasteiger partial charge in [-0.2, -0.15) is 0 Å². The first kappa shape index (κ1) is 37.6. The van der Waals surface area contributed by atoms with Gasteiger partial charge >= 0.3 is 0 Å². The molecule has 0 aliphatic carbocycles. The number of aromatic nitrogens is 1. The first-order valence-electron chi connectivity index (χ1n) is 17.7. The van der Waals surface area contributed by atoms with Crippen molar-refractivity contribution in [3.8, 4) is 0 Å². The van der Waals surface area contributed by atoms with E-state index in [-0.39, 0.29) is 18.2 Å². The van der Waals surface area contributed by atoms with Crippen molar-refractivity contribution in [3.05, 3.63) is 108 Å². The molecule has 1 unspecified atom stereocenters. The molecule has 2 heterocycles. The van der Waals surface area contributed by atoms with Crippen LogP contribution in [0.1, 0.15) is 102 Å². The minimum atomic E-state index is -0.663. The van der Waals surface area contributed by atoms with Crippen molar-refractivity contribution in [2.75, 3.05) is 19.7 Å². The summed E-state index contributed by atoms with van der Waals surface area (Å²) in [4.78, 5) is 28.9. The summed E-state index contributed by atoms with van der Waals surface area (Å²) in [5.41, 5.74) is 4.10. The van der Waals surface area contributed by atoms with Gasteiger partial charge < -0.3 is 20.4 Å². The van der Waals surface area contributed by atoms with Crippen LogP contribution in [0, 0.1) is 0 Å². The minimum Gasteiger partial charge on any atom is -0.368 e. The number of fused-ring (bicyclic) bond motifs is 3. The number of ether oxygens (including phenoxy) is 1. The third kappa shape index (κ3) is 12.7. The summed E-state index contributed by atoms with van der Waals surface area (Å²) in [6, 6.07) is 6.44. The number of H-pyrrole nitrogens is 1. The number of rotatable bonds is 21. The van der Waals surface area contributed by atoms with E-state index in [9.17, 15) is 9.59 Å². The van der Waals surface area contributed by atoms with E-state index in [1.54, 1.807) is 0 Å². The number of allylic oxidation sites excluding steroid dienone is 12. The quantitative estimate of drug-likeness (QED) is 0.0942. The molecule has 3 rings (SSSR count). The molecule has 1 aliphatic heterocycles. The lowest BCUT2D eigenvalue weighted by Gasteiger charge is -2.36. The van der Waals surface area contributed by atoms with Crippen LogP contribution in [0.25, 0.3) is 10.9 Å². The average Bonchev–Trinajstić information content (AvgIpc) is 3.48. The number of para-hydroxylation sites is 1. The molecule has 3 N–H and O–H groups in total. The van der Waals surface area contributed by atoms with Crippen molar-refractivity contribution < 1.29 is 14.3 Å². The molecule has 1 aromatic carbocycles. The molecule has 0 radical (unpaired) electrons. The monoisotopic (exact) mass is 639 g/mol. The van der Waals surface area contributed by atoms with Crippen molar-refractivity contribution >= 4 is 22.7 Å². The fourth-order valence-corrected chi connectivity index (χ4v) is 5.91. The molecule has 47 heavy (non-hydrogen) atoms. The molecule has 0 spiro atoms. The third-order valence-electron chi connectivity index (χ3n) is 8.52. The number of aromatic amines is 1. The van der Waals surface area contributed by atoms with Crippen molar-refractivity contribution in [2.45, 2.75) is 103 Å². The third-order valence-corrected chi connectivity index (χ3v) is 8.52. The second-order valence-corrected chi connectivity index (χ2v) is 11.9. The van der Waals surface area contributed by atoms with Crippen LogP contribution in [0.15, 0.2) is 91.1 Å². The zero-order chi connectivity index (χ0) is 33.6. The Bertz CT molecular complexity index is 1420. The van der Waals surface area contributed by atoms with Gasteiger partial charge in [-0.05, 0) is 75.3 Å². The highest BCUT2D eigenvalue weighted by molar-refractivity contribution is 5.88. The fraction of sp³-hybridized carbons (Fsp3) is 0.463. The van der Waals surface area contributed by atoms with Crippen molar-refractivity contribution in [2.24, 2.45) is 0 Å². The molecule has 1 aromatic heterocycles. The number of nitrogens with one attached hydrogen (secondary N) is 3. The lowest BCUT2D eigenvalue weighted by atomic mass is 9.86. The molecule has 6 heteroatoms. The van der Waals surface area contributed by atoms with Crippen LogP contribution in [0.5, 0.6) is 0 Å². The second-order valence-electron chi connectivity index (χ2n) is 11.9. The van der Waals surface area contributed by atoms with E-state index in [2.05, 4.69) is 128 Å². The van der Waals surface area contributed by atoms with Crippen LogP contribution in [0.4, 0.5) is 0 Å². The van der Waals surface area contributed by atoms with Gasteiger partial charge in [0.1, 0.15) is 5.60 Å². The summed E-state index contributed by atoms with van der Waals surface area (Å²) in [5.74, 6) is -0.0739. The molecule has 2 aromatic rings. The van der Waals surface area contributed by atoms with E-state index >= 15 is 0 Å². The Kier molecular flexibility index (Phi) is 17.4. The highest BCUT2D eigenvalue weighted by atomic mass is 16.5. The standard InChI is InChI=1S/C41H57N3O3/c1-4-7-8-9-10-11-12-13-14-15-16-17-18-19-20-21-22-23-24-28-37(45)42-30-31-43-38(46)33-41(6-3)40-36(29-32-47-41)35-27-25-26-34(5-2)39(35)44-40/h7-8,10-11,13-14,16-17,19-20,22-23,25-27,44H,4-6,9,12,15,18,21,24,28-33H2,1-3H3,(H,42,45)(H,43,46). The van der Waals surface area contributed by atoms with E-state index < -0.39 is 5.60 Å². The van der Waals surface area contributed by atoms with Gasteiger partial charge in [-0.15, -0.1) is 0 Å². The number of carbonyl (C=O) groups excluding carboxylic acids is 2. The SMILES string of the molecule is CCC=CCC=CCC=CCC=CCC=CCC=CCCC(=O)NCCNC(=O)CC1(CC)OCCc2c1[nH]c1c(CC)cccc21. The van der Waals surface area contributed by atoms with Crippen LogP contribution >= 0.6 is 0 Å². The van der Waals surface area contributed by atoms with Gasteiger partial charge in [-0.3, -0.25) is 9.59 Å². The Balaban J connectivity index is 1.25. The Morgan fingerprint density at radius 1 is 0.787 bits per heavy atom. The maximum absolute atomic E-state index is 13.0. The Hall–Kier alpha value is -3.90. The highest BCUT2D eigenvalue weighted by Crippen LogP contribution is 2.42. The van der Waals surface area contributed by atoms with E-state index in [1.165, 1.54) is 16.5 Å². The van der Waals surface area contributed by atoms with E-state index in [0.717, 1.165) is 62.6 Å². The maximum atomic E-state index is 13.0. The smallest absolute Gasteiger partial charge is 0.223 e. The van der Waals surface area contributed by atoms with Gasteiger partial charge in [0.25, 0.3) is 0 Å². The number of amides is 2.